The van der Waals surface area contributed by atoms with Crippen LogP contribution in [0.1, 0.15) is 55.9 Å². The molecule has 1 aromatic carbocycles. The van der Waals surface area contributed by atoms with Crippen LogP contribution in [-0.4, -0.2) is 21.8 Å². The highest BCUT2D eigenvalue weighted by Gasteiger charge is 2.31. The molecule has 0 aliphatic heterocycles. The van der Waals surface area contributed by atoms with Crippen LogP contribution in [0.3, 0.4) is 0 Å². The van der Waals surface area contributed by atoms with Gasteiger partial charge in [-0.2, -0.15) is 4.98 Å². The Kier molecular flexibility index (Phi) is 6.48. The lowest BCUT2D eigenvalue weighted by atomic mass is 10.0. The van der Waals surface area contributed by atoms with Gasteiger partial charge < -0.3 is 9.84 Å². The minimum Gasteiger partial charge on any atom is -0.343 e. The first-order valence-electron chi connectivity index (χ1n) is 8.58. The van der Waals surface area contributed by atoms with E-state index in [1.54, 1.807) is 12.1 Å². The average Bonchev–Trinajstić information content (AvgIpc) is 3.32. The topological polar surface area (TPSA) is 68.0 Å². The average molecular weight is 414 g/mol. The number of carbonyl (C=O) groups is 1. The molecule has 1 unspecified atom stereocenters. The second-order valence-electron chi connectivity index (χ2n) is 6.78. The lowest BCUT2D eigenvalue weighted by Crippen LogP contribution is -2.33. The molecule has 1 amide bonds. The van der Waals surface area contributed by atoms with Crippen molar-refractivity contribution >= 4 is 40.9 Å². The summed E-state index contributed by atoms with van der Waals surface area (Å²) < 4.78 is 5.38. The van der Waals surface area contributed by atoms with E-state index in [1.807, 2.05) is 19.9 Å². The van der Waals surface area contributed by atoms with Crippen LogP contribution < -0.4 is 5.32 Å². The van der Waals surface area contributed by atoms with E-state index in [9.17, 15) is 4.79 Å². The van der Waals surface area contributed by atoms with Crippen LogP contribution in [0.2, 0.25) is 10.0 Å². The molecule has 3 rings (SSSR count). The Morgan fingerprint density at radius 1 is 1.38 bits per heavy atom. The van der Waals surface area contributed by atoms with Crippen LogP contribution in [-0.2, 0) is 10.5 Å². The summed E-state index contributed by atoms with van der Waals surface area (Å²) in [7, 11) is 0. The van der Waals surface area contributed by atoms with E-state index in [4.69, 9.17) is 27.7 Å². The van der Waals surface area contributed by atoms with Crippen LogP contribution in [0.4, 0.5) is 0 Å². The predicted molar refractivity (Wildman–Crippen MR) is 105 cm³/mol. The van der Waals surface area contributed by atoms with Gasteiger partial charge in [-0.3, -0.25) is 4.79 Å². The molecule has 1 heterocycles. The van der Waals surface area contributed by atoms with Crippen molar-refractivity contribution in [1.82, 2.24) is 15.5 Å². The Labute approximate surface area is 167 Å². The van der Waals surface area contributed by atoms with Crippen molar-refractivity contribution in [2.45, 2.75) is 44.4 Å². The number of halogens is 2. The fourth-order valence-electron chi connectivity index (χ4n) is 2.50. The van der Waals surface area contributed by atoms with Crippen molar-refractivity contribution in [2.24, 2.45) is 5.92 Å². The van der Waals surface area contributed by atoms with Gasteiger partial charge in [-0.05, 0) is 36.5 Å². The molecule has 140 valence electrons. The van der Waals surface area contributed by atoms with E-state index >= 15 is 0 Å². The highest BCUT2D eigenvalue weighted by molar-refractivity contribution is 7.99. The van der Waals surface area contributed by atoms with Crippen molar-refractivity contribution in [3.63, 3.8) is 0 Å². The summed E-state index contributed by atoms with van der Waals surface area (Å²) in [6.45, 7) is 4.04. The number of hydrogen-bond donors (Lipinski definition) is 1. The molecule has 0 saturated heterocycles. The smallest absolute Gasteiger partial charge is 0.249 e. The molecule has 1 saturated carbocycles. The van der Waals surface area contributed by atoms with E-state index in [1.165, 1.54) is 11.8 Å². The van der Waals surface area contributed by atoms with Crippen LogP contribution in [0.5, 0.6) is 0 Å². The molecule has 1 fully saturated rings. The monoisotopic (exact) mass is 413 g/mol. The van der Waals surface area contributed by atoms with Gasteiger partial charge >= 0.3 is 0 Å². The maximum atomic E-state index is 12.3. The molecule has 26 heavy (non-hydrogen) atoms. The Bertz CT molecular complexity index is 778. The van der Waals surface area contributed by atoms with Crippen LogP contribution >= 0.6 is 35.0 Å². The zero-order valence-electron chi connectivity index (χ0n) is 14.7. The molecule has 5 nitrogen and oxygen atoms in total. The normalized spacial score (nSPS) is 15.3. The molecule has 1 N–H and O–H groups in total. The van der Waals surface area contributed by atoms with Crippen LogP contribution in [0, 0.1) is 5.92 Å². The van der Waals surface area contributed by atoms with Crippen molar-refractivity contribution in [1.29, 1.82) is 0 Å². The number of nitrogens with zero attached hydrogens (tertiary/aromatic N) is 2. The van der Waals surface area contributed by atoms with Crippen molar-refractivity contribution < 1.29 is 9.32 Å². The van der Waals surface area contributed by atoms with Gasteiger partial charge in [-0.15, -0.1) is 11.8 Å². The summed E-state index contributed by atoms with van der Waals surface area (Å²) in [6, 6.07) is 5.11. The second-order valence-corrected chi connectivity index (χ2v) is 8.61. The van der Waals surface area contributed by atoms with E-state index in [2.05, 4.69) is 15.5 Å². The van der Waals surface area contributed by atoms with Gasteiger partial charge in [0, 0.05) is 21.7 Å². The summed E-state index contributed by atoms with van der Waals surface area (Å²) in [5.74, 6) is 2.73. The highest BCUT2D eigenvalue weighted by Crippen LogP contribution is 2.38. The molecule has 0 bridgehead atoms. The van der Waals surface area contributed by atoms with Gasteiger partial charge in [0.15, 0.2) is 5.82 Å². The molecule has 0 spiro atoms. The fraction of sp³-hybridized carbons (Fsp3) is 0.500. The Morgan fingerprint density at radius 2 is 2.15 bits per heavy atom. The molecule has 8 heteroatoms. The zero-order chi connectivity index (χ0) is 18.7. The molecule has 1 aliphatic carbocycles. The summed E-state index contributed by atoms with van der Waals surface area (Å²) in [5.41, 5.74) is 0.959. The Morgan fingerprint density at radius 3 is 2.81 bits per heavy atom. The number of benzene rings is 1. The maximum Gasteiger partial charge on any atom is 0.249 e. The molecule has 0 radical (unpaired) electrons. The van der Waals surface area contributed by atoms with Gasteiger partial charge in [0.2, 0.25) is 11.8 Å². The van der Waals surface area contributed by atoms with E-state index in [0.29, 0.717) is 33.4 Å². The first-order chi connectivity index (χ1) is 12.4. The third kappa shape index (κ3) is 5.15. The van der Waals surface area contributed by atoms with Gasteiger partial charge in [-0.1, -0.05) is 48.3 Å². The summed E-state index contributed by atoms with van der Waals surface area (Å²) in [5, 5.41) is 8.26. The second kappa shape index (κ2) is 8.63. The number of hydrogen-bond acceptors (Lipinski definition) is 5. The Hall–Kier alpha value is -1.24. The van der Waals surface area contributed by atoms with E-state index < -0.39 is 0 Å². The number of aromatic nitrogens is 2. The number of nitrogens with one attached hydrogen (secondary N) is 1. The summed E-state index contributed by atoms with van der Waals surface area (Å²) >= 11 is 13.6. The predicted octanol–water partition coefficient (Wildman–Crippen LogP) is 5.00. The molecule has 2 aromatic rings. The van der Waals surface area contributed by atoms with Crippen molar-refractivity contribution in [2.75, 3.05) is 5.75 Å². The number of thioether (sulfide) groups is 1. The summed E-state index contributed by atoms with van der Waals surface area (Å²) in [6.07, 6.45) is 2.23. The number of amides is 1. The van der Waals surface area contributed by atoms with Gasteiger partial charge in [0.05, 0.1) is 5.75 Å². The highest BCUT2D eigenvalue weighted by atomic mass is 35.5. The standard InChI is InChI=1S/C18H21Cl2N3O2S/c1-10(2)16(18-22-17(23-25-18)11-3-4-11)21-15(24)9-26-8-12-5-6-13(19)7-14(12)20/h5-7,10-11,16H,3-4,8-9H2,1-2H3,(H,21,24). The van der Waals surface area contributed by atoms with Gasteiger partial charge in [0.1, 0.15) is 6.04 Å². The molecule has 1 aromatic heterocycles. The molecular weight excluding hydrogens is 393 g/mol. The molecular formula is C18H21Cl2N3O2S. The largest absolute Gasteiger partial charge is 0.343 e. The van der Waals surface area contributed by atoms with Crippen LogP contribution in [0.25, 0.3) is 0 Å². The third-order valence-electron chi connectivity index (χ3n) is 4.15. The third-order valence-corrected chi connectivity index (χ3v) is 5.72. The quantitative estimate of drug-likeness (QED) is 0.658. The van der Waals surface area contributed by atoms with Crippen LogP contribution in [0.15, 0.2) is 22.7 Å². The Balaban J connectivity index is 1.52. The van der Waals surface area contributed by atoms with Gasteiger partial charge in [-0.25, -0.2) is 0 Å². The molecule has 1 aliphatic rings. The van der Waals surface area contributed by atoms with Gasteiger partial charge in [0.25, 0.3) is 0 Å². The number of rotatable bonds is 8. The van der Waals surface area contributed by atoms with E-state index in [0.717, 1.165) is 24.2 Å². The minimum atomic E-state index is -0.276. The molecule has 1 atom stereocenters. The SMILES string of the molecule is CC(C)C(NC(=O)CSCc1ccc(Cl)cc1Cl)c1nc(C2CC2)no1. The minimum absolute atomic E-state index is 0.0649. The zero-order valence-corrected chi connectivity index (χ0v) is 17.0. The summed E-state index contributed by atoms with van der Waals surface area (Å²) in [4.78, 5) is 16.8. The lowest BCUT2D eigenvalue weighted by Gasteiger charge is -2.18. The first-order valence-corrected chi connectivity index (χ1v) is 10.5. The van der Waals surface area contributed by atoms with Crippen molar-refractivity contribution in [3.05, 3.63) is 45.5 Å². The van der Waals surface area contributed by atoms with E-state index in [-0.39, 0.29) is 17.9 Å². The number of carbonyl (C=O) groups excluding carboxylic acids is 1. The lowest BCUT2D eigenvalue weighted by molar-refractivity contribution is -0.119. The maximum absolute atomic E-state index is 12.3. The fourth-order valence-corrected chi connectivity index (χ4v) is 3.90. The van der Waals surface area contributed by atoms with Crippen molar-refractivity contribution in [3.8, 4) is 0 Å². The first kappa shape index (κ1) is 19.5.